The van der Waals surface area contributed by atoms with Crippen LogP contribution in [-0.4, -0.2) is 34.3 Å². The number of fused-ring (bicyclic) bond motifs is 1. The molecule has 21 heavy (non-hydrogen) atoms. The van der Waals surface area contributed by atoms with Crippen LogP contribution in [0.4, 0.5) is 11.5 Å². The van der Waals surface area contributed by atoms with Gasteiger partial charge in [0.05, 0.1) is 11.6 Å². The minimum Gasteiger partial charge on any atom is -0.314 e. The predicted molar refractivity (Wildman–Crippen MR) is 77.2 cm³/mol. The van der Waals surface area contributed by atoms with Gasteiger partial charge in [-0.15, -0.1) is 5.10 Å². The Labute approximate surface area is 121 Å². The lowest BCUT2D eigenvalue weighted by atomic mass is 9.85. The van der Waals surface area contributed by atoms with E-state index in [1.807, 2.05) is 13.8 Å². The summed E-state index contributed by atoms with van der Waals surface area (Å²) in [6, 6.07) is 5.24. The number of nitrogens with zero attached hydrogens (tertiary/aromatic N) is 3. The number of amides is 2. The second kappa shape index (κ2) is 4.41. The zero-order valence-electron chi connectivity index (χ0n) is 12.0. The molecule has 0 radical (unpaired) electrons. The highest BCUT2D eigenvalue weighted by Crippen LogP contribution is 2.41. The van der Waals surface area contributed by atoms with E-state index in [-0.39, 0.29) is 11.8 Å². The van der Waals surface area contributed by atoms with Gasteiger partial charge in [-0.2, -0.15) is 10.3 Å². The summed E-state index contributed by atoms with van der Waals surface area (Å²) in [6.45, 7) is 3.72. The van der Waals surface area contributed by atoms with Crippen molar-refractivity contribution < 1.29 is 9.59 Å². The number of rotatable bonds is 2. The zero-order valence-corrected chi connectivity index (χ0v) is 12.0. The predicted octanol–water partition coefficient (Wildman–Crippen LogP) is 1.31. The fraction of sp³-hybridized carbons (Fsp3) is 0.286. The van der Waals surface area contributed by atoms with Crippen molar-refractivity contribution in [2.24, 2.45) is 0 Å². The molecule has 1 aliphatic rings. The van der Waals surface area contributed by atoms with E-state index < -0.39 is 5.41 Å². The molecule has 0 unspecified atom stereocenters. The molecule has 108 valence electrons. The summed E-state index contributed by atoms with van der Waals surface area (Å²) in [4.78, 5) is 26.0. The monoisotopic (exact) mass is 285 g/mol. The number of nitrogens with one attached hydrogen (secondary N) is 2. The number of hydrogen-bond acceptors (Lipinski definition) is 4. The molecule has 0 aliphatic carbocycles. The average Bonchev–Trinajstić information content (AvgIpc) is 3.02. The quantitative estimate of drug-likeness (QED) is 0.870. The fourth-order valence-electron chi connectivity index (χ4n) is 2.56. The molecular weight excluding hydrogens is 270 g/mol. The molecule has 0 atom stereocenters. The van der Waals surface area contributed by atoms with Crippen molar-refractivity contribution in [3.63, 3.8) is 0 Å². The summed E-state index contributed by atoms with van der Waals surface area (Å²) in [5, 5.41) is 12.5. The highest BCUT2D eigenvalue weighted by atomic mass is 16.2. The Bertz CT molecular complexity index is 721. The van der Waals surface area contributed by atoms with Gasteiger partial charge in [-0.1, -0.05) is 0 Å². The topological polar surface area (TPSA) is 91.0 Å². The molecule has 3 rings (SSSR count). The summed E-state index contributed by atoms with van der Waals surface area (Å²) in [6.07, 6.45) is 1.42. The van der Waals surface area contributed by atoms with Crippen molar-refractivity contribution in [3.05, 3.63) is 35.5 Å². The maximum atomic E-state index is 12.2. The van der Waals surface area contributed by atoms with Crippen LogP contribution in [0.2, 0.25) is 0 Å². The maximum absolute atomic E-state index is 12.2. The molecule has 1 aromatic heterocycles. The molecular formula is C14H15N5O2. The average molecular weight is 285 g/mol. The Kier molecular flexibility index (Phi) is 2.79. The highest BCUT2D eigenvalue weighted by molar-refractivity contribution is 6.09. The number of hydrogen-bond donors (Lipinski definition) is 2. The molecule has 7 nitrogen and oxygen atoms in total. The van der Waals surface area contributed by atoms with Crippen molar-refractivity contribution >= 4 is 23.3 Å². The maximum Gasteiger partial charge on any atom is 0.256 e. The lowest BCUT2D eigenvalue weighted by Gasteiger charge is -2.16. The number of anilines is 2. The van der Waals surface area contributed by atoms with E-state index in [9.17, 15) is 9.59 Å². The molecule has 0 saturated heterocycles. The fourth-order valence-corrected chi connectivity index (χ4v) is 2.56. The summed E-state index contributed by atoms with van der Waals surface area (Å²) in [5.41, 5.74) is 1.53. The van der Waals surface area contributed by atoms with E-state index in [0.717, 1.165) is 11.3 Å². The molecule has 0 saturated carbocycles. The van der Waals surface area contributed by atoms with Crippen molar-refractivity contribution in [3.8, 4) is 0 Å². The number of carbonyl (C=O) groups is 2. The van der Waals surface area contributed by atoms with E-state index in [2.05, 4.69) is 20.7 Å². The molecule has 1 aromatic carbocycles. The van der Waals surface area contributed by atoms with Crippen LogP contribution >= 0.6 is 0 Å². The highest BCUT2D eigenvalue weighted by Gasteiger charge is 2.42. The zero-order chi connectivity index (χ0) is 15.2. The second-order valence-electron chi connectivity index (χ2n) is 5.53. The third kappa shape index (κ3) is 1.97. The third-order valence-electron chi connectivity index (χ3n) is 3.79. The van der Waals surface area contributed by atoms with Gasteiger partial charge in [-0.05, 0) is 37.6 Å². The van der Waals surface area contributed by atoms with E-state index in [0.29, 0.717) is 11.4 Å². The molecule has 0 bridgehead atoms. The van der Waals surface area contributed by atoms with E-state index >= 15 is 0 Å². The van der Waals surface area contributed by atoms with E-state index in [1.54, 1.807) is 30.1 Å². The number of aromatic nitrogens is 3. The molecule has 1 aliphatic heterocycles. The first-order chi connectivity index (χ1) is 9.91. The largest absolute Gasteiger partial charge is 0.314 e. The van der Waals surface area contributed by atoms with Gasteiger partial charge in [0.25, 0.3) is 5.91 Å². The van der Waals surface area contributed by atoms with Crippen molar-refractivity contribution in [2.45, 2.75) is 19.3 Å². The first-order valence-electron chi connectivity index (χ1n) is 6.51. The Balaban J connectivity index is 1.95. The van der Waals surface area contributed by atoms with Crippen LogP contribution in [0.15, 0.2) is 24.4 Å². The number of likely N-dealkylation sites (N-methyl/N-ethyl adjacent to an activating group) is 1. The van der Waals surface area contributed by atoms with Gasteiger partial charge in [0.15, 0.2) is 5.82 Å². The summed E-state index contributed by atoms with van der Waals surface area (Å²) in [5.74, 6) is 0.0871. The van der Waals surface area contributed by atoms with Crippen molar-refractivity contribution in [1.29, 1.82) is 0 Å². The smallest absolute Gasteiger partial charge is 0.256 e. The third-order valence-corrected chi connectivity index (χ3v) is 3.79. The van der Waals surface area contributed by atoms with Crippen LogP contribution in [0.1, 0.15) is 29.8 Å². The molecule has 2 N–H and O–H groups in total. The number of carbonyl (C=O) groups excluding carboxylic acids is 2. The Hall–Kier alpha value is -2.70. The summed E-state index contributed by atoms with van der Waals surface area (Å²) < 4.78 is 0. The molecule has 2 heterocycles. The van der Waals surface area contributed by atoms with E-state index in [1.165, 1.54) is 6.20 Å². The number of benzene rings is 1. The van der Waals surface area contributed by atoms with Gasteiger partial charge in [0, 0.05) is 18.3 Å². The minimum absolute atomic E-state index is 0.0200. The van der Waals surface area contributed by atoms with Gasteiger partial charge in [-0.3, -0.25) is 9.59 Å². The van der Waals surface area contributed by atoms with Crippen LogP contribution in [0.5, 0.6) is 0 Å². The summed E-state index contributed by atoms with van der Waals surface area (Å²) in [7, 11) is 1.74. The van der Waals surface area contributed by atoms with Gasteiger partial charge < -0.3 is 10.2 Å². The molecule has 0 spiro atoms. The Morgan fingerprint density at radius 3 is 2.81 bits per heavy atom. The number of aromatic amines is 1. The molecule has 0 fully saturated rings. The second-order valence-corrected chi connectivity index (χ2v) is 5.53. The van der Waals surface area contributed by atoms with Crippen molar-refractivity contribution in [1.82, 2.24) is 15.4 Å². The van der Waals surface area contributed by atoms with Crippen LogP contribution < -0.4 is 10.2 Å². The lowest BCUT2D eigenvalue weighted by molar-refractivity contribution is -0.121. The van der Waals surface area contributed by atoms with Gasteiger partial charge >= 0.3 is 0 Å². The van der Waals surface area contributed by atoms with E-state index in [4.69, 9.17) is 0 Å². The molecule has 2 amide bonds. The van der Waals surface area contributed by atoms with Crippen LogP contribution in [0, 0.1) is 0 Å². The van der Waals surface area contributed by atoms with Gasteiger partial charge in [0.2, 0.25) is 5.91 Å². The first kappa shape index (κ1) is 13.3. The molecule has 7 heteroatoms. The summed E-state index contributed by atoms with van der Waals surface area (Å²) >= 11 is 0. The number of H-pyrrole nitrogens is 1. The van der Waals surface area contributed by atoms with Gasteiger partial charge in [-0.25, -0.2) is 0 Å². The van der Waals surface area contributed by atoms with Crippen LogP contribution in [0.3, 0.4) is 0 Å². The lowest BCUT2D eigenvalue weighted by Crippen LogP contribution is -2.33. The minimum atomic E-state index is -0.631. The normalized spacial score (nSPS) is 16.0. The van der Waals surface area contributed by atoms with Crippen molar-refractivity contribution in [2.75, 3.05) is 17.3 Å². The standard InChI is InChI=1S/C14H15N5O2/c1-14(2)9-6-8(4-5-10(9)19(3)13(14)21)12(20)16-11-7-15-18-17-11/h4-7H,1-3H3,(H2,15,16,17,18,20). The molecule has 2 aromatic rings. The van der Waals surface area contributed by atoms with Crippen LogP contribution in [-0.2, 0) is 10.2 Å². The Morgan fingerprint density at radius 2 is 2.14 bits per heavy atom. The van der Waals surface area contributed by atoms with Gasteiger partial charge in [0.1, 0.15) is 0 Å². The first-order valence-corrected chi connectivity index (χ1v) is 6.51. The van der Waals surface area contributed by atoms with Crippen LogP contribution in [0.25, 0.3) is 0 Å². The Morgan fingerprint density at radius 1 is 1.38 bits per heavy atom. The SMILES string of the molecule is CN1C(=O)C(C)(C)c2cc(C(=O)Nc3cn[nH]n3)ccc21.